The van der Waals surface area contributed by atoms with Crippen LogP contribution in [0.25, 0.3) is 0 Å². The Kier molecular flexibility index (Phi) is 5.92. The van der Waals surface area contributed by atoms with Crippen LogP contribution in [0.15, 0.2) is 24.3 Å². The second kappa shape index (κ2) is 8.47. The van der Waals surface area contributed by atoms with Gasteiger partial charge in [-0.1, -0.05) is 12.1 Å². The zero-order valence-electron chi connectivity index (χ0n) is 16.9. The van der Waals surface area contributed by atoms with Gasteiger partial charge in [-0.3, -0.25) is 19.3 Å². The summed E-state index contributed by atoms with van der Waals surface area (Å²) in [6.45, 7) is 1.80. The van der Waals surface area contributed by atoms with Crippen LogP contribution < -0.4 is 5.32 Å². The Morgan fingerprint density at radius 1 is 1.00 bits per heavy atom. The van der Waals surface area contributed by atoms with Crippen LogP contribution in [0, 0.1) is 5.92 Å². The summed E-state index contributed by atoms with van der Waals surface area (Å²) in [7, 11) is -3.11. The summed E-state index contributed by atoms with van der Waals surface area (Å²) in [6, 6.07) is 6.74. The minimum Gasteiger partial charge on any atom is -0.356 e. The summed E-state index contributed by atoms with van der Waals surface area (Å²) >= 11 is 0. The third-order valence-electron chi connectivity index (χ3n) is 6.13. The first kappa shape index (κ1) is 21.0. The van der Waals surface area contributed by atoms with Gasteiger partial charge in [-0.2, -0.15) is 0 Å². The molecule has 0 aromatic heterocycles. The van der Waals surface area contributed by atoms with Gasteiger partial charge >= 0.3 is 0 Å². The number of nitrogens with zero attached hydrogens (tertiary/aromatic N) is 2. The number of hydrogen-bond acceptors (Lipinski definition) is 5. The van der Waals surface area contributed by atoms with E-state index in [0.717, 1.165) is 25.7 Å². The predicted octanol–water partition coefficient (Wildman–Crippen LogP) is 1.38. The lowest BCUT2D eigenvalue weighted by molar-refractivity contribution is -0.121. The van der Waals surface area contributed by atoms with E-state index in [-0.39, 0.29) is 41.9 Å². The van der Waals surface area contributed by atoms with Crippen LogP contribution in [0.2, 0.25) is 0 Å². The second-order valence-electron chi connectivity index (χ2n) is 8.30. The highest BCUT2D eigenvalue weighted by Gasteiger charge is 2.41. The van der Waals surface area contributed by atoms with Crippen molar-refractivity contribution >= 4 is 27.7 Å². The highest BCUT2D eigenvalue weighted by atomic mass is 32.2. The zero-order chi connectivity index (χ0) is 21.3. The van der Waals surface area contributed by atoms with Crippen molar-refractivity contribution in [1.29, 1.82) is 0 Å². The lowest BCUT2D eigenvalue weighted by atomic mass is 9.98. The summed E-state index contributed by atoms with van der Waals surface area (Å²) in [5, 5.41) is 2.74. The Labute approximate surface area is 176 Å². The Morgan fingerprint density at radius 3 is 2.17 bits per heavy atom. The molecule has 2 fully saturated rings. The number of carbonyl (C=O) groups is 3. The number of fused-ring (bicyclic) bond motifs is 1. The summed E-state index contributed by atoms with van der Waals surface area (Å²) in [5.41, 5.74) is 0.837. The predicted molar refractivity (Wildman–Crippen MR) is 110 cm³/mol. The number of benzene rings is 1. The van der Waals surface area contributed by atoms with Crippen molar-refractivity contribution in [1.82, 2.24) is 14.5 Å². The highest BCUT2D eigenvalue weighted by Crippen LogP contribution is 2.33. The number of hydrogen-bond donors (Lipinski definition) is 1. The SMILES string of the molecule is O=C(CCCN1C(=O)c2ccccc2C1=O)NCC1CCN(S(=O)(=O)C2CC2)CC1. The first-order valence-corrected chi connectivity index (χ1v) is 12.1. The number of carbonyl (C=O) groups excluding carboxylic acids is 3. The molecule has 2 aliphatic heterocycles. The van der Waals surface area contributed by atoms with E-state index in [1.807, 2.05) is 0 Å². The second-order valence-corrected chi connectivity index (χ2v) is 10.5. The molecular formula is C21H27N3O5S. The van der Waals surface area contributed by atoms with E-state index in [1.54, 1.807) is 28.6 Å². The van der Waals surface area contributed by atoms with E-state index < -0.39 is 10.0 Å². The lowest BCUT2D eigenvalue weighted by Gasteiger charge is -2.31. The molecular weight excluding hydrogens is 406 g/mol. The average Bonchev–Trinajstić information content (AvgIpc) is 3.58. The molecule has 1 aromatic carbocycles. The quantitative estimate of drug-likeness (QED) is 0.624. The topological polar surface area (TPSA) is 104 Å². The van der Waals surface area contributed by atoms with E-state index in [9.17, 15) is 22.8 Å². The van der Waals surface area contributed by atoms with Gasteiger partial charge < -0.3 is 5.32 Å². The van der Waals surface area contributed by atoms with Crippen molar-refractivity contribution in [2.24, 2.45) is 5.92 Å². The van der Waals surface area contributed by atoms with Crippen LogP contribution in [0.3, 0.4) is 0 Å². The van der Waals surface area contributed by atoms with Crippen LogP contribution in [0.4, 0.5) is 0 Å². The van der Waals surface area contributed by atoms with E-state index >= 15 is 0 Å². The average molecular weight is 434 g/mol. The Morgan fingerprint density at radius 2 is 1.60 bits per heavy atom. The van der Waals surface area contributed by atoms with Gasteiger partial charge in [-0.05, 0) is 50.2 Å². The van der Waals surface area contributed by atoms with E-state index in [1.165, 1.54) is 4.90 Å². The van der Waals surface area contributed by atoms with Gasteiger partial charge in [-0.25, -0.2) is 12.7 Å². The summed E-state index contributed by atoms with van der Waals surface area (Å²) in [4.78, 5) is 38.0. The van der Waals surface area contributed by atoms with Crippen molar-refractivity contribution in [2.45, 2.75) is 43.8 Å². The van der Waals surface area contributed by atoms with Crippen molar-refractivity contribution < 1.29 is 22.8 Å². The normalized spacial score (nSPS) is 20.5. The molecule has 4 rings (SSSR count). The van der Waals surface area contributed by atoms with Gasteiger partial charge in [-0.15, -0.1) is 0 Å². The minimum atomic E-state index is -3.11. The molecule has 1 saturated carbocycles. The molecule has 0 atom stereocenters. The minimum absolute atomic E-state index is 0.111. The molecule has 0 radical (unpaired) electrons. The van der Waals surface area contributed by atoms with Crippen molar-refractivity contribution in [3.05, 3.63) is 35.4 Å². The van der Waals surface area contributed by atoms with Crippen LogP contribution in [-0.4, -0.2) is 66.8 Å². The van der Waals surface area contributed by atoms with Gasteiger partial charge in [0.15, 0.2) is 0 Å². The summed E-state index contributed by atoms with van der Waals surface area (Å²) in [6.07, 6.45) is 3.71. The molecule has 162 valence electrons. The first-order valence-electron chi connectivity index (χ1n) is 10.6. The van der Waals surface area contributed by atoms with E-state index in [0.29, 0.717) is 37.2 Å². The first-order chi connectivity index (χ1) is 14.4. The maximum atomic E-state index is 12.3. The van der Waals surface area contributed by atoms with E-state index in [2.05, 4.69) is 5.32 Å². The van der Waals surface area contributed by atoms with Gasteiger partial charge in [0.1, 0.15) is 0 Å². The molecule has 3 aliphatic rings. The molecule has 1 aliphatic carbocycles. The van der Waals surface area contributed by atoms with Gasteiger partial charge in [0, 0.05) is 32.6 Å². The third-order valence-corrected chi connectivity index (χ3v) is 8.53. The highest BCUT2D eigenvalue weighted by molar-refractivity contribution is 7.90. The van der Waals surface area contributed by atoms with Gasteiger partial charge in [0.2, 0.25) is 15.9 Å². The molecule has 0 bridgehead atoms. The summed E-state index contributed by atoms with van der Waals surface area (Å²) < 4.78 is 26.1. The largest absolute Gasteiger partial charge is 0.356 e. The van der Waals surface area contributed by atoms with E-state index in [4.69, 9.17) is 0 Å². The van der Waals surface area contributed by atoms with Crippen LogP contribution in [0.1, 0.15) is 59.2 Å². The zero-order valence-corrected chi connectivity index (χ0v) is 17.7. The summed E-state index contributed by atoms with van der Waals surface area (Å²) in [5.74, 6) is -0.441. The van der Waals surface area contributed by atoms with Crippen molar-refractivity contribution in [2.75, 3.05) is 26.2 Å². The van der Waals surface area contributed by atoms with Crippen LogP contribution in [-0.2, 0) is 14.8 Å². The molecule has 9 heteroatoms. The van der Waals surface area contributed by atoms with Crippen LogP contribution in [0.5, 0.6) is 0 Å². The van der Waals surface area contributed by atoms with Gasteiger partial charge in [0.25, 0.3) is 11.8 Å². The van der Waals surface area contributed by atoms with Crippen molar-refractivity contribution in [3.8, 4) is 0 Å². The number of rotatable bonds is 8. The standard InChI is InChI=1S/C21H27N3O5S/c25-19(6-3-11-24-20(26)17-4-1-2-5-18(17)21(24)27)22-14-15-9-12-23(13-10-15)30(28,29)16-7-8-16/h1-2,4-5,15-16H,3,6-14H2,(H,22,25). The maximum Gasteiger partial charge on any atom is 0.261 e. The number of piperidine rings is 1. The molecule has 1 N–H and O–H groups in total. The monoisotopic (exact) mass is 433 g/mol. The molecule has 0 unspecified atom stereocenters. The Hall–Kier alpha value is -2.26. The lowest BCUT2D eigenvalue weighted by Crippen LogP contribution is -2.42. The fourth-order valence-electron chi connectivity index (χ4n) is 4.13. The Bertz CT molecular complexity index is 914. The number of imide groups is 1. The molecule has 8 nitrogen and oxygen atoms in total. The molecule has 1 aromatic rings. The number of sulfonamides is 1. The van der Waals surface area contributed by atoms with Crippen LogP contribution >= 0.6 is 0 Å². The third kappa shape index (κ3) is 4.27. The number of amides is 3. The molecule has 1 saturated heterocycles. The molecule has 0 spiro atoms. The molecule has 3 amide bonds. The molecule has 2 heterocycles. The smallest absolute Gasteiger partial charge is 0.261 e. The molecule has 30 heavy (non-hydrogen) atoms. The fourth-order valence-corrected chi connectivity index (χ4v) is 6.00. The number of nitrogens with one attached hydrogen (secondary N) is 1. The fraction of sp³-hybridized carbons (Fsp3) is 0.571. The van der Waals surface area contributed by atoms with Gasteiger partial charge in [0.05, 0.1) is 16.4 Å². The van der Waals surface area contributed by atoms with Crippen molar-refractivity contribution in [3.63, 3.8) is 0 Å². The Balaban J connectivity index is 1.15. The maximum absolute atomic E-state index is 12.3.